The van der Waals surface area contributed by atoms with E-state index in [9.17, 15) is 13.2 Å². The molecule has 0 saturated heterocycles. The molecule has 7 heteroatoms. The SMILES string of the molecule is CCNc1cc(C(=O)NCCCS(C)(=O)=O)cc(C)n1. The van der Waals surface area contributed by atoms with Crippen LogP contribution >= 0.6 is 0 Å². The van der Waals surface area contributed by atoms with Gasteiger partial charge in [-0.15, -0.1) is 0 Å². The summed E-state index contributed by atoms with van der Waals surface area (Å²) < 4.78 is 22.0. The summed E-state index contributed by atoms with van der Waals surface area (Å²) in [6.07, 6.45) is 1.60. The molecule has 1 amide bonds. The fourth-order valence-electron chi connectivity index (χ4n) is 1.71. The van der Waals surface area contributed by atoms with Crippen molar-refractivity contribution in [2.45, 2.75) is 20.3 Å². The first-order valence-electron chi connectivity index (χ1n) is 6.50. The van der Waals surface area contributed by atoms with E-state index in [0.717, 1.165) is 12.2 Å². The van der Waals surface area contributed by atoms with Crippen molar-refractivity contribution in [2.24, 2.45) is 0 Å². The Morgan fingerprint density at radius 2 is 2.05 bits per heavy atom. The van der Waals surface area contributed by atoms with E-state index in [2.05, 4.69) is 15.6 Å². The van der Waals surface area contributed by atoms with Crippen molar-refractivity contribution in [3.8, 4) is 0 Å². The largest absolute Gasteiger partial charge is 0.370 e. The molecule has 0 spiro atoms. The van der Waals surface area contributed by atoms with Crippen LogP contribution in [0.3, 0.4) is 0 Å². The van der Waals surface area contributed by atoms with E-state index in [-0.39, 0.29) is 11.7 Å². The van der Waals surface area contributed by atoms with E-state index in [0.29, 0.717) is 24.3 Å². The highest BCUT2D eigenvalue weighted by molar-refractivity contribution is 7.90. The average molecular weight is 299 g/mol. The van der Waals surface area contributed by atoms with Crippen molar-refractivity contribution in [2.75, 3.05) is 30.4 Å². The summed E-state index contributed by atoms with van der Waals surface area (Å²) in [5, 5.41) is 5.77. The number of carbonyl (C=O) groups is 1. The topological polar surface area (TPSA) is 88.2 Å². The second-order valence-electron chi connectivity index (χ2n) is 4.65. The molecule has 1 rings (SSSR count). The van der Waals surface area contributed by atoms with Gasteiger partial charge < -0.3 is 10.6 Å². The van der Waals surface area contributed by atoms with E-state index in [1.54, 1.807) is 12.1 Å². The molecule has 0 aliphatic rings. The molecule has 0 aliphatic heterocycles. The maximum atomic E-state index is 12.0. The molecule has 112 valence electrons. The van der Waals surface area contributed by atoms with Crippen LogP contribution < -0.4 is 10.6 Å². The molecule has 2 N–H and O–H groups in total. The highest BCUT2D eigenvalue weighted by Crippen LogP contribution is 2.10. The number of pyridine rings is 1. The third-order valence-electron chi connectivity index (χ3n) is 2.55. The summed E-state index contributed by atoms with van der Waals surface area (Å²) in [5.74, 6) is 0.516. The van der Waals surface area contributed by atoms with Crippen LogP contribution in [0.25, 0.3) is 0 Å². The molecule has 1 aromatic rings. The fourth-order valence-corrected chi connectivity index (χ4v) is 2.38. The maximum absolute atomic E-state index is 12.0. The number of nitrogens with zero attached hydrogens (tertiary/aromatic N) is 1. The quantitative estimate of drug-likeness (QED) is 0.733. The highest BCUT2D eigenvalue weighted by atomic mass is 32.2. The van der Waals surface area contributed by atoms with Gasteiger partial charge in [0.15, 0.2) is 0 Å². The van der Waals surface area contributed by atoms with Crippen molar-refractivity contribution in [3.05, 3.63) is 23.4 Å². The normalized spacial score (nSPS) is 11.2. The summed E-state index contributed by atoms with van der Waals surface area (Å²) in [6, 6.07) is 3.38. The van der Waals surface area contributed by atoms with Gasteiger partial charge in [0.2, 0.25) is 0 Å². The minimum absolute atomic E-state index is 0.0747. The predicted octanol–water partition coefficient (Wildman–Crippen LogP) is 0.986. The van der Waals surface area contributed by atoms with Crippen LogP contribution in [0.5, 0.6) is 0 Å². The minimum atomic E-state index is -2.98. The Morgan fingerprint density at radius 1 is 1.35 bits per heavy atom. The zero-order valence-electron chi connectivity index (χ0n) is 12.1. The van der Waals surface area contributed by atoms with Gasteiger partial charge in [-0.25, -0.2) is 13.4 Å². The molecule has 0 saturated carbocycles. The van der Waals surface area contributed by atoms with Gasteiger partial charge in [-0.3, -0.25) is 4.79 Å². The number of anilines is 1. The molecule has 1 heterocycles. The van der Waals surface area contributed by atoms with Crippen molar-refractivity contribution in [3.63, 3.8) is 0 Å². The maximum Gasteiger partial charge on any atom is 0.251 e. The second kappa shape index (κ2) is 7.23. The van der Waals surface area contributed by atoms with Crippen molar-refractivity contribution in [1.82, 2.24) is 10.3 Å². The number of carbonyl (C=O) groups excluding carboxylic acids is 1. The van der Waals surface area contributed by atoms with E-state index in [1.165, 1.54) is 6.26 Å². The Bertz CT molecular complexity index is 570. The number of sulfone groups is 1. The van der Waals surface area contributed by atoms with Crippen LogP contribution in [0, 0.1) is 6.92 Å². The van der Waals surface area contributed by atoms with Crippen LogP contribution in [0.4, 0.5) is 5.82 Å². The first-order chi connectivity index (χ1) is 9.31. The van der Waals surface area contributed by atoms with E-state index in [1.807, 2.05) is 13.8 Å². The van der Waals surface area contributed by atoms with Gasteiger partial charge in [0.1, 0.15) is 15.7 Å². The number of amides is 1. The Labute approximate surface area is 119 Å². The number of hydrogen-bond acceptors (Lipinski definition) is 5. The molecule has 0 radical (unpaired) electrons. The van der Waals surface area contributed by atoms with Crippen molar-refractivity contribution in [1.29, 1.82) is 0 Å². The Kier molecular flexibility index (Phi) is 5.94. The van der Waals surface area contributed by atoms with Gasteiger partial charge in [-0.05, 0) is 32.4 Å². The highest BCUT2D eigenvalue weighted by Gasteiger charge is 2.08. The van der Waals surface area contributed by atoms with E-state index in [4.69, 9.17) is 0 Å². The zero-order chi connectivity index (χ0) is 15.2. The summed E-state index contributed by atoms with van der Waals surface area (Å²) in [6.45, 7) is 4.84. The summed E-state index contributed by atoms with van der Waals surface area (Å²) >= 11 is 0. The average Bonchev–Trinajstić information content (AvgIpc) is 2.33. The van der Waals surface area contributed by atoms with E-state index >= 15 is 0 Å². The molecule has 0 aliphatic carbocycles. The summed E-state index contributed by atoms with van der Waals surface area (Å²) in [7, 11) is -2.98. The van der Waals surface area contributed by atoms with Crippen LogP contribution in [-0.4, -0.2) is 44.4 Å². The smallest absolute Gasteiger partial charge is 0.251 e. The Balaban J connectivity index is 2.59. The van der Waals surface area contributed by atoms with Crippen LogP contribution in [-0.2, 0) is 9.84 Å². The van der Waals surface area contributed by atoms with Gasteiger partial charge in [-0.2, -0.15) is 0 Å². The minimum Gasteiger partial charge on any atom is -0.370 e. The van der Waals surface area contributed by atoms with Gasteiger partial charge in [0, 0.05) is 30.6 Å². The molecular formula is C13H21N3O3S. The van der Waals surface area contributed by atoms with Gasteiger partial charge >= 0.3 is 0 Å². The Morgan fingerprint density at radius 3 is 2.65 bits per heavy atom. The zero-order valence-corrected chi connectivity index (χ0v) is 12.9. The number of rotatable bonds is 7. The third-order valence-corrected chi connectivity index (χ3v) is 3.58. The Hall–Kier alpha value is -1.63. The third kappa shape index (κ3) is 6.01. The van der Waals surface area contributed by atoms with Crippen molar-refractivity contribution < 1.29 is 13.2 Å². The molecule has 0 fully saturated rings. The van der Waals surface area contributed by atoms with Crippen molar-refractivity contribution >= 4 is 21.6 Å². The lowest BCUT2D eigenvalue weighted by molar-refractivity contribution is 0.0953. The van der Waals surface area contributed by atoms with Gasteiger partial charge in [-0.1, -0.05) is 0 Å². The first kappa shape index (κ1) is 16.4. The molecule has 0 bridgehead atoms. The first-order valence-corrected chi connectivity index (χ1v) is 8.56. The standard InChI is InChI=1S/C13H21N3O3S/c1-4-14-12-9-11(8-10(2)16-12)13(17)15-6-5-7-20(3,18)19/h8-9H,4-7H2,1-3H3,(H,14,16)(H,15,17). The molecule has 20 heavy (non-hydrogen) atoms. The molecule has 6 nitrogen and oxygen atoms in total. The molecule has 1 aromatic heterocycles. The predicted molar refractivity (Wildman–Crippen MR) is 79.8 cm³/mol. The number of aromatic nitrogens is 1. The van der Waals surface area contributed by atoms with Gasteiger partial charge in [0.25, 0.3) is 5.91 Å². The van der Waals surface area contributed by atoms with Gasteiger partial charge in [0.05, 0.1) is 5.75 Å². The molecule has 0 unspecified atom stereocenters. The summed E-state index contributed by atoms with van der Waals surface area (Å²) in [5.41, 5.74) is 1.28. The molecule has 0 aromatic carbocycles. The summed E-state index contributed by atoms with van der Waals surface area (Å²) in [4.78, 5) is 16.2. The monoisotopic (exact) mass is 299 g/mol. The number of aryl methyl sites for hydroxylation is 1. The van der Waals surface area contributed by atoms with Crippen LogP contribution in [0.2, 0.25) is 0 Å². The molecule has 0 atom stereocenters. The van der Waals surface area contributed by atoms with E-state index < -0.39 is 9.84 Å². The second-order valence-corrected chi connectivity index (χ2v) is 6.91. The van der Waals surface area contributed by atoms with Crippen LogP contribution in [0.1, 0.15) is 29.4 Å². The fraction of sp³-hybridized carbons (Fsp3) is 0.538. The lowest BCUT2D eigenvalue weighted by Gasteiger charge is -2.08. The van der Waals surface area contributed by atoms with Crippen LogP contribution in [0.15, 0.2) is 12.1 Å². The number of hydrogen-bond donors (Lipinski definition) is 2. The number of nitrogens with one attached hydrogen (secondary N) is 2. The lowest BCUT2D eigenvalue weighted by Crippen LogP contribution is -2.26. The lowest BCUT2D eigenvalue weighted by atomic mass is 10.2. The molecular weight excluding hydrogens is 278 g/mol.